The zero-order valence-electron chi connectivity index (χ0n) is 15.4. The number of fused-ring (bicyclic) bond motifs is 1. The SMILES string of the molecule is Cc1ccc(N)cc1C(=O)NC1(c2ccc3c(c2)OCCO3)CCCC1.Cl. The van der Waals surface area contributed by atoms with Gasteiger partial charge in [-0.2, -0.15) is 0 Å². The number of nitrogens with one attached hydrogen (secondary N) is 1. The largest absolute Gasteiger partial charge is 0.486 e. The number of benzene rings is 2. The molecule has 2 aliphatic rings. The van der Waals surface area contributed by atoms with E-state index in [1.807, 2.05) is 37.3 Å². The second-order valence-corrected chi connectivity index (χ2v) is 7.18. The summed E-state index contributed by atoms with van der Waals surface area (Å²) in [6, 6.07) is 11.5. The minimum absolute atomic E-state index is 0. The fourth-order valence-corrected chi connectivity index (χ4v) is 3.97. The standard InChI is InChI=1S/C21H24N2O3.ClH/c1-14-4-6-16(22)13-17(14)20(24)23-21(8-2-3-9-21)15-5-7-18-19(12-15)26-11-10-25-18;/h4-7,12-13H,2-3,8-11,22H2,1H3,(H,23,24);1H. The Hall–Kier alpha value is -2.40. The molecule has 1 aliphatic carbocycles. The van der Waals surface area contributed by atoms with Crippen LogP contribution in [-0.2, 0) is 5.54 Å². The summed E-state index contributed by atoms with van der Waals surface area (Å²) in [4.78, 5) is 13.0. The quantitative estimate of drug-likeness (QED) is 0.780. The van der Waals surface area contributed by atoms with Crippen molar-refractivity contribution in [1.29, 1.82) is 0 Å². The number of rotatable bonds is 3. The molecule has 0 radical (unpaired) electrons. The molecule has 3 N–H and O–H groups in total. The topological polar surface area (TPSA) is 73.6 Å². The number of ether oxygens (including phenoxy) is 2. The van der Waals surface area contributed by atoms with Gasteiger partial charge >= 0.3 is 0 Å². The molecule has 0 atom stereocenters. The molecular formula is C21H25ClN2O3. The van der Waals surface area contributed by atoms with Gasteiger partial charge < -0.3 is 20.5 Å². The van der Waals surface area contributed by atoms with E-state index < -0.39 is 0 Å². The Morgan fingerprint density at radius 2 is 1.74 bits per heavy atom. The van der Waals surface area contributed by atoms with E-state index in [9.17, 15) is 4.79 Å². The van der Waals surface area contributed by atoms with Crippen molar-refractivity contribution in [3.8, 4) is 11.5 Å². The third-order valence-corrected chi connectivity index (χ3v) is 5.41. The molecule has 144 valence electrons. The smallest absolute Gasteiger partial charge is 0.252 e. The number of aryl methyl sites for hydroxylation is 1. The molecule has 0 unspecified atom stereocenters. The van der Waals surface area contributed by atoms with Crippen molar-refractivity contribution < 1.29 is 14.3 Å². The van der Waals surface area contributed by atoms with E-state index in [2.05, 4.69) is 5.32 Å². The fraction of sp³-hybridized carbons (Fsp3) is 0.381. The van der Waals surface area contributed by atoms with Crippen LogP contribution in [0.5, 0.6) is 11.5 Å². The number of carbonyl (C=O) groups is 1. The van der Waals surface area contributed by atoms with E-state index in [1.165, 1.54) is 0 Å². The predicted molar refractivity (Wildman–Crippen MR) is 108 cm³/mol. The molecule has 27 heavy (non-hydrogen) atoms. The number of halogens is 1. The van der Waals surface area contributed by atoms with Crippen LogP contribution in [0.4, 0.5) is 5.69 Å². The summed E-state index contributed by atoms with van der Waals surface area (Å²) in [6.45, 7) is 3.06. The Bertz CT molecular complexity index is 847. The minimum atomic E-state index is -0.371. The van der Waals surface area contributed by atoms with Crippen LogP contribution in [-0.4, -0.2) is 19.1 Å². The van der Waals surface area contributed by atoms with Gasteiger partial charge in [0.25, 0.3) is 5.91 Å². The summed E-state index contributed by atoms with van der Waals surface area (Å²) < 4.78 is 11.4. The Morgan fingerprint density at radius 1 is 1.04 bits per heavy atom. The summed E-state index contributed by atoms with van der Waals surface area (Å²) in [5, 5.41) is 3.31. The Morgan fingerprint density at radius 3 is 2.48 bits per heavy atom. The van der Waals surface area contributed by atoms with Gasteiger partial charge in [0.2, 0.25) is 0 Å². The van der Waals surface area contributed by atoms with Crippen LogP contribution >= 0.6 is 12.4 Å². The number of hydrogen-bond acceptors (Lipinski definition) is 4. The first-order chi connectivity index (χ1) is 12.6. The van der Waals surface area contributed by atoms with Gasteiger partial charge in [-0.3, -0.25) is 4.79 Å². The average Bonchev–Trinajstić information content (AvgIpc) is 3.13. The molecule has 6 heteroatoms. The Balaban J connectivity index is 0.00000210. The van der Waals surface area contributed by atoms with Crippen LogP contribution in [0.15, 0.2) is 36.4 Å². The number of carbonyl (C=O) groups excluding carboxylic acids is 1. The maximum atomic E-state index is 13.0. The summed E-state index contributed by atoms with van der Waals surface area (Å²) in [6.07, 6.45) is 4.01. The van der Waals surface area contributed by atoms with Gasteiger partial charge in [-0.05, 0) is 55.2 Å². The maximum Gasteiger partial charge on any atom is 0.252 e. The number of hydrogen-bond donors (Lipinski definition) is 2. The number of nitrogens with two attached hydrogens (primary N) is 1. The van der Waals surface area contributed by atoms with Gasteiger partial charge in [-0.15, -0.1) is 12.4 Å². The monoisotopic (exact) mass is 388 g/mol. The van der Waals surface area contributed by atoms with Crippen molar-refractivity contribution in [1.82, 2.24) is 5.32 Å². The molecule has 1 amide bonds. The van der Waals surface area contributed by atoms with Crippen molar-refractivity contribution in [2.75, 3.05) is 18.9 Å². The molecule has 1 aliphatic heterocycles. The van der Waals surface area contributed by atoms with Gasteiger partial charge in [0, 0.05) is 11.3 Å². The second kappa shape index (κ2) is 7.69. The van der Waals surface area contributed by atoms with Crippen molar-refractivity contribution in [3.63, 3.8) is 0 Å². The van der Waals surface area contributed by atoms with Gasteiger partial charge in [-0.25, -0.2) is 0 Å². The molecule has 5 nitrogen and oxygen atoms in total. The normalized spacial score (nSPS) is 17.1. The predicted octanol–water partition coefficient (Wildman–Crippen LogP) is 3.97. The molecule has 0 aromatic heterocycles. The molecule has 0 bridgehead atoms. The van der Waals surface area contributed by atoms with Gasteiger partial charge in [-0.1, -0.05) is 25.0 Å². The Kier molecular flexibility index (Phi) is 5.51. The van der Waals surface area contributed by atoms with Crippen LogP contribution in [0.25, 0.3) is 0 Å². The average molecular weight is 389 g/mol. The van der Waals surface area contributed by atoms with Crippen LogP contribution in [0.2, 0.25) is 0 Å². The molecule has 2 aromatic rings. The van der Waals surface area contributed by atoms with E-state index in [0.717, 1.165) is 48.3 Å². The first kappa shape index (κ1) is 19.4. The highest BCUT2D eigenvalue weighted by Gasteiger charge is 2.38. The first-order valence-electron chi connectivity index (χ1n) is 9.16. The second-order valence-electron chi connectivity index (χ2n) is 7.18. The molecule has 2 aromatic carbocycles. The van der Waals surface area contributed by atoms with E-state index in [0.29, 0.717) is 24.5 Å². The van der Waals surface area contributed by atoms with Gasteiger partial charge in [0.1, 0.15) is 13.2 Å². The summed E-state index contributed by atoms with van der Waals surface area (Å²) in [7, 11) is 0. The third-order valence-electron chi connectivity index (χ3n) is 5.41. The highest BCUT2D eigenvalue weighted by atomic mass is 35.5. The summed E-state index contributed by atoms with van der Waals surface area (Å²) in [5.74, 6) is 1.45. The highest BCUT2D eigenvalue weighted by molar-refractivity contribution is 5.97. The van der Waals surface area contributed by atoms with Crippen LogP contribution in [0.1, 0.15) is 47.2 Å². The lowest BCUT2D eigenvalue weighted by atomic mass is 9.87. The number of amides is 1. The number of anilines is 1. The minimum Gasteiger partial charge on any atom is -0.486 e. The molecule has 0 spiro atoms. The van der Waals surface area contributed by atoms with Crippen LogP contribution < -0.4 is 20.5 Å². The van der Waals surface area contributed by atoms with Crippen molar-refractivity contribution in [3.05, 3.63) is 53.1 Å². The zero-order valence-corrected chi connectivity index (χ0v) is 16.2. The maximum absolute atomic E-state index is 13.0. The lowest BCUT2D eigenvalue weighted by molar-refractivity contribution is 0.0897. The summed E-state index contributed by atoms with van der Waals surface area (Å²) >= 11 is 0. The Labute approximate surface area is 165 Å². The molecule has 1 saturated carbocycles. The van der Waals surface area contributed by atoms with E-state index in [4.69, 9.17) is 15.2 Å². The fourth-order valence-electron chi connectivity index (χ4n) is 3.97. The van der Waals surface area contributed by atoms with E-state index >= 15 is 0 Å². The van der Waals surface area contributed by atoms with Crippen molar-refractivity contribution in [2.24, 2.45) is 0 Å². The van der Waals surface area contributed by atoms with E-state index in [1.54, 1.807) is 6.07 Å². The van der Waals surface area contributed by atoms with Crippen molar-refractivity contribution in [2.45, 2.75) is 38.1 Å². The first-order valence-corrected chi connectivity index (χ1v) is 9.16. The highest BCUT2D eigenvalue weighted by Crippen LogP contribution is 2.42. The van der Waals surface area contributed by atoms with Crippen molar-refractivity contribution >= 4 is 24.0 Å². The summed E-state index contributed by atoms with van der Waals surface area (Å²) in [5.41, 5.74) is 8.74. The van der Waals surface area contributed by atoms with Crippen LogP contribution in [0, 0.1) is 6.92 Å². The van der Waals surface area contributed by atoms with Crippen LogP contribution in [0.3, 0.4) is 0 Å². The lowest BCUT2D eigenvalue weighted by Crippen LogP contribution is -2.44. The molecular weight excluding hydrogens is 364 g/mol. The third kappa shape index (κ3) is 3.69. The zero-order chi connectivity index (χ0) is 18.1. The van der Waals surface area contributed by atoms with Gasteiger partial charge in [0.15, 0.2) is 11.5 Å². The number of nitrogen functional groups attached to an aromatic ring is 1. The molecule has 0 saturated heterocycles. The lowest BCUT2D eigenvalue weighted by Gasteiger charge is -2.32. The molecule has 1 fully saturated rings. The van der Waals surface area contributed by atoms with E-state index in [-0.39, 0.29) is 23.9 Å². The molecule has 4 rings (SSSR count). The molecule has 1 heterocycles. The van der Waals surface area contributed by atoms with Gasteiger partial charge in [0.05, 0.1) is 5.54 Å².